The lowest BCUT2D eigenvalue weighted by Gasteiger charge is -2.22. The Labute approximate surface area is 215 Å². The number of aromatic nitrogens is 2. The minimum absolute atomic E-state index is 0.110. The van der Waals surface area contributed by atoms with E-state index >= 15 is 0 Å². The number of hydrogen-bond donors (Lipinski definition) is 1. The third-order valence-corrected chi connectivity index (χ3v) is 6.84. The molecule has 0 saturated carbocycles. The standard InChI is InChI=1S/C29H27N3O3S/c1-4-34-23-12-10-22(11-13-23)30-26(33)17-36-29-24-16-21-15-19(3)7-14-25(21)35-28(24)31-27(32-29)20-8-5-18(2)6-9-20/h5-15H,4,16-17H2,1-3H3,(H,30,33). The molecule has 1 aliphatic rings. The van der Waals surface area contributed by atoms with Crippen LogP contribution in [-0.4, -0.2) is 28.2 Å². The number of thioether (sulfide) groups is 1. The van der Waals surface area contributed by atoms with Crippen LogP contribution >= 0.6 is 11.8 Å². The molecule has 4 aromatic rings. The number of ether oxygens (including phenoxy) is 2. The van der Waals surface area contributed by atoms with Gasteiger partial charge in [0.05, 0.1) is 17.9 Å². The molecule has 5 rings (SSSR count). The van der Waals surface area contributed by atoms with E-state index in [1.165, 1.54) is 17.3 Å². The predicted molar refractivity (Wildman–Crippen MR) is 143 cm³/mol. The molecule has 0 fully saturated rings. The molecule has 1 aromatic heterocycles. The first kappa shape index (κ1) is 23.9. The molecule has 6 nitrogen and oxygen atoms in total. The third-order valence-electron chi connectivity index (χ3n) is 5.82. The van der Waals surface area contributed by atoms with Crippen LogP contribution in [-0.2, 0) is 11.2 Å². The number of nitrogens with zero attached hydrogens (tertiary/aromatic N) is 2. The Balaban J connectivity index is 1.39. The summed E-state index contributed by atoms with van der Waals surface area (Å²) in [4.78, 5) is 22.4. The molecule has 3 aromatic carbocycles. The van der Waals surface area contributed by atoms with Gasteiger partial charge in [-0.3, -0.25) is 4.79 Å². The van der Waals surface area contributed by atoms with Gasteiger partial charge in [0.15, 0.2) is 5.82 Å². The quantitative estimate of drug-likeness (QED) is 0.202. The van der Waals surface area contributed by atoms with Crippen LogP contribution in [0.3, 0.4) is 0 Å². The monoisotopic (exact) mass is 497 g/mol. The van der Waals surface area contributed by atoms with E-state index < -0.39 is 0 Å². The lowest BCUT2D eigenvalue weighted by atomic mass is 10.0. The average molecular weight is 498 g/mol. The molecule has 0 spiro atoms. The molecule has 0 aliphatic carbocycles. The number of hydrogen-bond acceptors (Lipinski definition) is 6. The van der Waals surface area contributed by atoms with Gasteiger partial charge in [-0.15, -0.1) is 0 Å². The Morgan fingerprint density at radius 1 is 1.00 bits per heavy atom. The van der Waals surface area contributed by atoms with Gasteiger partial charge in [0.2, 0.25) is 11.8 Å². The number of aryl methyl sites for hydroxylation is 2. The summed E-state index contributed by atoms with van der Waals surface area (Å²) < 4.78 is 11.7. The van der Waals surface area contributed by atoms with Gasteiger partial charge in [-0.1, -0.05) is 59.3 Å². The molecule has 7 heteroatoms. The number of rotatable bonds is 7. The summed E-state index contributed by atoms with van der Waals surface area (Å²) in [6, 6.07) is 21.6. The molecule has 0 saturated heterocycles. The van der Waals surface area contributed by atoms with Gasteiger partial charge in [0, 0.05) is 17.7 Å². The normalized spacial score (nSPS) is 11.8. The highest BCUT2D eigenvalue weighted by Crippen LogP contribution is 2.40. The molecule has 0 atom stereocenters. The van der Waals surface area contributed by atoms with Crippen molar-refractivity contribution in [3.63, 3.8) is 0 Å². The van der Waals surface area contributed by atoms with Gasteiger partial charge < -0.3 is 14.8 Å². The third kappa shape index (κ3) is 5.36. The van der Waals surface area contributed by atoms with Crippen molar-refractivity contribution in [2.24, 2.45) is 0 Å². The highest BCUT2D eigenvalue weighted by Gasteiger charge is 2.25. The first-order valence-corrected chi connectivity index (χ1v) is 12.9. The van der Waals surface area contributed by atoms with Crippen LogP contribution in [0.4, 0.5) is 5.69 Å². The SMILES string of the molecule is CCOc1ccc(NC(=O)CSc2nc(-c3ccc(C)cc3)nc3c2Cc2cc(C)ccc2O3)cc1. The smallest absolute Gasteiger partial charge is 0.234 e. The second kappa shape index (κ2) is 10.4. The number of fused-ring (bicyclic) bond motifs is 2. The molecular weight excluding hydrogens is 470 g/mol. The Kier molecular flexibility index (Phi) is 6.91. The van der Waals surface area contributed by atoms with Crippen LogP contribution < -0.4 is 14.8 Å². The number of nitrogens with one attached hydrogen (secondary N) is 1. The van der Waals surface area contributed by atoms with Crippen LogP contribution in [0.5, 0.6) is 17.4 Å². The lowest BCUT2D eigenvalue weighted by molar-refractivity contribution is -0.113. The van der Waals surface area contributed by atoms with Crippen molar-refractivity contribution in [1.82, 2.24) is 9.97 Å². The number of carbonyl (C=O) groups is 1. The van der Waals surface area contributed by atoms with Crippen molar-refractivity contribution in [1.29, 1.82) is 0 Å². The van der Waals surface area contributed by atoms with Crippen LogP contribution in [0.15, 0.2) is 71.8 Å². The minimum Gasteiger partial charge on any atom is -0.494 e. The van der Waals surface area contributed by atoms with Gasteiger partial charge in [-0.05, 0) is 56.7 Å². The summed E-state index contributed by atoms with van der Waals surface area (Å²) >= 11 is 1.40. The van der Waals surface area contributed by atoms with Crippen molar-refractivity contribution >= 4 is 23.4 Å². The first-order chi connectivity index (χ1) is 17.5. The van der Waals surface area contributed by atoms with E-state index in [1.54, 1.807) is 0 Å². The lowest BCUT2D eigenvalue weighted by Crippen LogP contribution is -2.15. The number of carbonyl (C=O) groups excluding carboxylic acids is 1. The summed E-state index contributed by atoms with van der Waals surface area (Å²) in [5, 5.41) is 3.70. The average Bonchev–Trinajstić information content (AvgIpc) is 2.88. The molecule has 0 bridgehead atoms. The number of anilines is 1. The molecule has 36 heavy (non-hydrogen) atoms. The fourth-order valence-corrected chi connectivity index (χ4v) is 4.83. The molecule has 182 valence electrons. The predicted octanol–water partition coefficient (Wildman–Crippen LogP) is 6.59. The van der Waals surface area contributed by atoms with E-state index in [0.717, 1.165) is 44.5 Å². The Morgan fingerprint density at radius 2 is 1.75 bits per heavy atom. The van der Waals surface area contributed by atoms with Crippen LogP contribution in [0.2, 0.25) is 0 Å². The fourth-order valence-electron chi connectivity index (χ4n) is 4.00. The molecule has 1 amide bonds. The van der Waals surface area contributed by atoms with E-state index in [9.17, 15) is 4.79 Å². The second-order valence-corrected chi connectivity index (χ2v) is 9.65. The van der Waals surface area contributed by atoms with Crippen molar-refractivity contribution in [2.75, 3.05) is 17.7 Å². The zero-order valence-electron chi connectivity index (χ0n) is 20.5. The van der Waals surface area contributed by atoms with Gasteiger partial charge in [0.25, 0.3) is 0 Å². The molecule has 1 aliphatic heterocycles. The maximum atomic E-state index is 12.8. The first-order valence-electron chi connectivity index (χ1n) is 11.9. The largest absolute Gasteiger partial charge is 0.494 e. The topological polar surface area (TPSA) is 73.3 Å². The van der Waals surface area contributed by atoms with Crippen molar-refractivity contribution in [3.8, 4) is 28.8 Å². The van der Waals surface area contributed by atoms with Crippen molar-refractivity contribution < 1.29 is 14.3 Å². The van der Waals surface area contributed by atoms with E-state index in [-0.39, 0.29) is 11.7 Å². The number of benzene rings is 3. The van der Waals surface area contributed by atoms with Gasteiger partial charge >= 0.3 is 0 Å². The summed E-state index contributed by atoms with van der Waals surface area (Å²) in [7, 11) is 0. The fraction of sp³-hybridized carbons (Fsp3) is 0.207. The molecule has 2 heterocycles. The van der Waals surface area contributed by atoms with Crippen LogP contribution in [0, 0.1) is 13.8 Å². The van der Waals surface area contributed by atoms with E-state index in [2.05, 4.69) is 18.3 Å². The maximum Gasteiger partial charge on any atom is 0.234 e. The molecule has 0 unspecified atom stereocenters. The van der Waals surface area contributed by atoms with E-state index in [4.69, 9.17) is 19.4 Å². The minimum atomic E-state index is -0.110. The van der Waals surface area contributed by atoms with Crippen LogP contribution in [0.1, 0.15) is 29.2 Å². The second-order valence-electron chi connectivity index (χ2n) is 8.69. The molecule has 0 radical (unpaired) electrons. The Hall–Kier alpha value is -3.84. The number of amides is 1. The van der Waals surface area contributed by atoms with Crippen molar-refractivity contribution in [3.05, 3.63) is 89.0 Å². The van der Waals surface area contributed by atoms with Gasteiger partial charge in [0.1, 0.15) is 16.5 Å². The van der Waals surface area contributed by atoms with E-state index in [0.29, 0.717) is 24.7 Å². The van der Waals surface area contributed by atoms with E-state index in [1.807, 2.05) is 74.5 Å². The summed E-state index contributed by atoms with van der Waals surface area (Å²) in [5.74, 6) is 2.82. The molecular formula is C29H27N3O3S. The van der Waals surface area contributed by atoms with Crippen molar-refractivity contribution in [2.45, 2.75) is 32.2 Å². The summed E-state index contributed by atoms with van der Waals surface area (Å²) in [6.07, 6.45) is 0.656. The van der Waals surface area contributed by atoms with Gasteiger partial charge in [-0.2, -0.15) is 4.98 Å². The zero-order valence-corrected chi connectivity index (χ0v) is 21.3. The summed E-state index contributed by atoms with van der Waals surface area (Å²) in [5.41, 5.74) is 5.96. The highest BCUT2D eigenvalue weighted by molar-refractivity contribution is 8.00. The zero-order chi connectivity index (χ0) is 25.1. The summed E-state index contributed by atoms with van der Waals surface area (Å²) in [6.45, 7) is 6.65. The molecule has 1 N–H and O–H groups in total. The van der Waals surface area contributed by atoms with Crippen LogP contribution in [0.25, 0.3) is 11.4 Å². The Bertz CT molecular complexity index is 1400. The maximum absolute atomic E-state index is 12.8. The highest BCUT2D eigenvalue weighted by atomic mass is 32.2. The Morgan fingerprint density at radius 3 is 2.50 bits per heavy atom. The van der Waals surface area contributed by atoms with Gasteiger partial charge in [-0.25, -0.2) is 4.98 Å².